The number of hydrogen-bond donors (Lipinski definition) is 6. The molecule has 0 spiro atoms. The molecule has 1 saturated heterocycles. The van der Waals surface area contributed by atoms with Crippen LogP contribution in [-0.2, 0) is 13.0 Å². The summed E-state index contributed by atoms with van der Waals surface area (Å²) in [6, 6.07) is 8.89. The molecule has 3 rings (SSSR count). The molecule has 0 saturated carbocycles. The molecule has 30 heavy (non-hydrogen) atoms. The van der Waals surface area contributed by atoms with Crippen molar-refractivity contribution in [2.24, 2.45) is 0 Å². The maximum Gasteiger partial charge on any atom is 0.267 e. The number of nitrogens with two attached hydrogens (primary N) is 3. The lowest BCUT2D eigenvalue weighted by atomic mass is 9.86. The molecule has 0 amide bonds. The fourth-order valence-corrected chi connectivity index (χ4v) is 3.63. The van der Waals surface area contributed by atoms with Crippen LogP contribution in [0.3, 0.4) is 0 Å². The van der Waals surface area contributed by atoms with E-state index in [1.54, 1.807) is 24.4 Å². The van der Waals surface area contributed by atoms with Crippen LogP contribution in [0.25, 0.3) is 0 Å². The lowest BCUT2D eigenvalue weighted by molar-refractivity contribution is -0.0420. The number of nitrogens with one attached hydrogen (secondary N) is 3. The van der Waals surface area contributed by atoms with Crippen LogP contribution in [0.5, 0.6) is 0 Å². The van der Waals surface area contributed by atoms with E-state index in [0.717, 1.165) is 5.56 Å². The molecule has 1 atom stereocenters. The highest BCUT2D eigenvalue weighted by atomic mass is 19.3. The van der Waals surface area contributed by atoms with E-state index in [1.807, 2.05) is 12.1 Å². The van der Waals surface area contributed by atoms with Gasteiger partial charge in [-0.15, -0.1) is 0 Å². The Labute approximate surface area is 174 Å². The number of aromatic nitrogens is 1. The van der Waals surface area contributed by atoms with Crippen molar-refractivity contribution >= 4 is 23.5 Å². The molecule has 9 N–H and O–H groups in total. The number of piperidine rings is 1. The minimum absolute atomic E-state index is 0.161. The summed E-state index contributed by atoms with van der Waals surface area (Å²) in [5.41, 5.74) is 20.6. The van der Waals surface area contributed by atoms with Gasteiger partial charge < -0.3 is 33.2 Å². The van der Waals surface area contributed by atoms with Crippen molar-refractivity contribution in [2.75, 3.05) is 30.3 Å². The quantitative estimate of drug-likeness (QED) is 0.384. The highest BCUT2D eigenvalue weighted by Crippen LogP contribution is 2.38. The van der Waals surface area contributed by atoms with Crippen LogP contribution >= 0.6 is 0 Å². The topological polar surface area (TPSA) is 139 Å². The van der Waals surface area contributed by atoms with Gasteiger partial charge in [-0.2, -0.15) is 0 Å². The van der Waals surface area contributed by atoms with Crippen molar-refractivity contribution in [1.82, 2.24) is 15.6 Å². The standard InChI is InChI=1S/C21H27F2N7/c22-21(23)12-28-5-4-17(21)15-3-1-2-13(6-15)10-29-11-14(9-24)7-16-8-18(25)30-20(27)19(16)26/h1-3,6,8-9,11,17,24,28-29H,4-5,7,10,12,26H2,(H4,25,27,30)/b14-11-,24-9?. The van der Waals surface area contributed by atoms with Gasteiger partial charge in [0, 0.05) is 25.4 Å². The summed E-state index contributed by atoms with van der Waals surface area (Å²) in [5, 5.41) is 13.5. The zero-order valence-electron chi connectivity index (χ0n) is 16.6. The molecule has 0 radical (unpaired) electrons. The molecule has 2 heterocycles. The van der Waals surface area contributed by atoms with E-state index in [9.17, 15) is 8.78 Å². The summed E-state index contributed by atoms with van der Waals surface area (Å²) in [6.07, 6.45) is 3.68. The molecule has 1 aliphatic rings. The molecule has 0 bridgehead atoms. The van der Waals surface area contributed by atoms with Crippen LogP contribution in [0.4, 0.5) is 26.1 Å². The van der Waals surface area contributed by atoms with Gasteiger partial charge >= 0.3 is 0 Å². The second-order valence-electron chi connectivity index (χ2n) is 7.45. The second-order valence-corrected chi connectivity index (χ2v) is 7.45. The number of pyridine rings is 1. The predicted octanol–water partition coefficient (Wildman–Crippen LogP) is 2.41. The van der Waals surface area contributed by atoms with E-state index in [0.29, 0.717) is 48.3 Å². The van der Waals surface area contributed by atoms with Gasteiger partial charge in [-0.3, -0.25) is 0 Å². The zero-order chi connectivity index (χ0) is 21.7. The fraction of sp³-hybridized carbons (Fsp3) is 0.333. The molecule has 2 aromatic rings. The van der Waals surface area contributed by atoms with Crippen molar-refractivity contribution in [3.8, 4) is 0 Å². The first kappa shape index (κ1) is 21.5. The van der Waals surface area contributed by atoms with Crippen LogP contribution in [0.2, 0.25) is 0 Å². The molecule has 9 heteroatoms. The highest BCUT2D eigenvalue weighted by Gasteiger charge is 2.42. The van der Waals surface area contributed by atoms with E-state index >= 15 is 0 Å². The number of anilines is 3. The average Bonchev–Trinajstić information content (AvgIpc) is 2.70. The summed E-state index contributed by atoms with van der Waals surface area (Å²) < 4.78 is 28.5. The van der Waals surface area contributed by atoms with Crippen molar-refractivity contribution in [3.05, 3.63) is 58.8 Å². The number of hydrogen-bond acceptors (Lipinski definition) is 7. The van der Waals surface area contributed by atoms with Crippen LogP contribution < -0.4 is 27.8 Å². The van der Waals surface area contributed by atoms with Crippen LogP contribution in [0, 0.1) is 5.41 Å². The lowest BCUT2D eigenvalue weighted by Crippen LogP contribution is -2.44. The highest BCUT2D eigenvalue weighted by molar-refractivity contribution is 5.78. The van der Waals surface area contributed by atoms with Gasteiger partial charge in [-0.05, 0) is 41.3 Å². The Morgan fingerprint density at radius 1 is 1.30 bits per heavy atom. The number of halogens is 2. The van der Waals surface area contributed by atoms with E-state index < -0.39 is 11.8 Å². The Bertz CT molecular complexity index is 943. The van der Waals surface area contributed by atoms with Crippen molar-refractivity contribution in [3.63, 3.8) is 0 Å². The number of benzene rings is 1. The van der Waals surface area contributed by atoms with Gasteiger partial charge in [-0.1, -0.05) is 24.3 Å². The summed E-state index contributed by atoms with van der Waals surface area (Å²) in [7, 11) is 0. The smallest absolute Gasteiger partial charge is 0.267 e. The Morgan fingerprint density at radius 2 is 2.10 bits per heavy atom. The van der Waals surface area contributed by atoms with Crippen molar-refractivity contribution < 1.29 is 8.78 Å². The Morgan fingerprint density at radius 3 is 2.83 bits per heavy atom. The normalized spacial score (nSPS) is 18.7. The maximum absolute atomic E-state index is 14.2. The first-order valence-corrected chi connectivity index (χ1v) is 9.71. The Kier molecular flexibility index (Phi) is 6.51. The number of alkyl halides is 2. The number of nitrogen functional groups attached to an aromatic ring is 3. The maximum atomic E-state index is 14.2. The first-order chi connectivity index (χ1) is 14.3. The van der Waals surface area contributed by atoms with Gasteiger partial charge in [0.1, 0.15) is 11.6 Å². The summed E-state index contributed by atoms with van der Waals surface area (Å²) >= 11 is 0. The number of allylic oxidation sites excluding steroid dienone is 1. The third-order valence-corrected chi connectivity index (χ3v) is 5.20. The zero-order valence-corrected chi connectivity index (χ0v) is 16.6. The van der Waals surface area contributed by atoms with Gasteiger partial charge in [0.15, 0.2) is 0 Å². The van der Waals surface area contributed by atoms with Gasteiger partial charge in [0.05, 0.1) is 18.2 Å². The summed E-state index contributed by atoms with van der Waals surface area (Å²) in [5.74, 6) is -3.11. The fourth-order valence-electron chi connectivity index (χ4n) is 3.63. The van der Waals surface area contributed by atoms with Crippen LogP contribution in [0.15, 0.2) is 42.1 Å². The van der Waals surface area contributed by atoms with E-state index in [4.69, 9.17) is 22.6 Å². The minimum atomic E-state index is -2.76. The molecule has 1 aliphatic heterocycles. The number of rotatable bonds is 7. The van der Waals surface area contributed by atoms with Crippen LogP contribution in [0.1, 0.15) is 29.0 Å². The third-order valence-electron chi connectivity index (χ3n) is 5.20. The second kappa shape index (κ2) is 9.08. The third kappa shape index (κ3) is 5.04. The summed E-state index contributed by atoms with van der Waals surface area (Å²) in [6.45, 7) is 0.734. The average molecular weight is 415 g/mol. The summed E-state index contributed by atoms with van der Waals surface area (Å²) in [4.78, 5) is 3.91. The minimum Gasteiger partial charge on any atom is -0.396 e. The van der Waals surface area contributed by atoms with Gasteiger partial charge in [-0.25, -0.2) is 13.8 Å². The molecule has 7 nitrogen and oxygen atoms in total. The molecule has 0 aliphatic carbocycles. The SMILES string of the molecule is N=C/C(=C\NCc1cccc(C2CCNCC2(F)F)c1)Cc1cc(N)nc(N)c1N. The van der Waals surface area contributed by atoms with E-state index in [1.165, 1.54) is 6.21 Å². The van der Waals surface area contributed by atoms with Crippen molar-refractivity contribution in [2.45, 2.75) is 31.2 Å². The molecule has 1 fully saturated rings. The first-order valence-electron chi connectivity index (χ1n) is 9.71. The predicted molar refractivity (Wildman–Crippen MR) is 117 cm³/mol. The Balaban J connectivity index is 1.67. The van der Waals surface area contributed by atoms with Gasteiger partial charge in [0.25, 0.3) is 5.92 Å². The molecular weight excluding hydrogens is 388 g/mol. The van der Waals surface area contributed by atoms with Gasteiger partial charge in [0.2, 0.25) is 0 Å². The molecule has 1 aromatic carbocycles. The molecule has 160 valence electrons. The van der Waals surface area contributed by atoms with Crippen molar-refractivity contribution in [1.29, 1.82) is 5.41 Å². The largest absolute Gasteiger partial charge is 0.396 e. The molecule has 1 aromatic heterocycles. The van der Waals surface area contributed by atoms with E-state index in [2.05, 4.69) is 15.6 Å². The number of nitrogens with zero attached hydrogens (tertiary/aromatic N) is 1. The molecule has 1 unspecified atom stereocenters. The molecular formula is C21H27F2N7. The Hall–Kier alpha value is -3.20. The lowest BCUT2D eigenvalue weighted by Gasteiger charge is -2.32. The van der Waals surface area contributed by atoms with E-state index in [-0.39, 0.29) is 18.2 Å². The monoisotopic (exact) mass is 415 g/mol. The van der Waals surface area contributed by atoms with Crippen LogP contribution in [-0.4, -0.2) is 30.2 Å².